The summed E-state index contributed by atoms with van der Waals surface area (Å²) >= 11 is 0. The van der Waals surface area contributed by atoms with Crippen LogP contribution in [0.3, 0.4) is 0 Å². The summed E-state index contributed by atoms with van der Waals surface area (Å²) < 4.78 is 33.8. The molecule has 0 atom stereocenters. The molecule has 11 heteroatoms. The summed E-state index contributed by atoms with van der Waals surface area (Å²) in [5, 5.41) is 18.7. The molecule has 264 valence electrons. The van der Waals surface area contributed by atoms with E-state index in [0.29, 0.717) is 63.4 Å². The van der Waals surface area contributed by atoms with Crippen molar-refractivity contribution in [3.8, 4) is 17.2 Å². The zero-order valence-corrected chi connectivity index (χ0v) is 28.1. The molecule has 2 rings (SSSR count). The highest BCUT2D eigenvalue weighted by Crippen LogP contribution is 2.29. The van der Waals surface area contributed by atoms with Crippen molar-refractivity contribution < 1.29 is 48.2 Å². The number of hydrogen-bond donors (Lipinski definition) is 2. The Morgan fingerprint density at radius 1 is 0.532 bits per heavy atom. The lowest BCUT2D eigenvalue weighted by atomic mass is 10.1. The van der Waals surface area contributed by atoms with Gasteiger partial charge in [-0.1, -0.05) is 69.6 Å². The van der Waals surface area contributed by atoms with Gasteiger partial charge in [0.25, 0.3) is 0 Å². The van der Waals surface area contributed by atoms with Gasteiger partial charge in [-0.05, 0) is 31.9 Å². The first-order valence-corrected chi connectivity index (χ1v) is 17.0. The Morgan fingerprint density at radius 2 is 0.957 bits per heavy atom. The highest BCUT2D eigenvalue weighted by Gasteiger charge is 2.17. The van der Waals surface area contributed by atoms with Crippen molar-refractivity contribution >= 4 is 17.6 Å². The van der Waals surface area contributed by atoms with Gasteiger partial charge >= 0.3 is 11.9 Å². The minimum Gasteiger partial charge on any atom is -0.494 e. The molecular weight excluding hydrogens is 606 g/mol. The number of carbonyl (C=O) groups is 2. The van der Waals surface area contributed by atoms with Crippen LogP contribution in [0.4, 0.5) is 5.69 Å². The Kier molecular flexibility index (Phi) is 22.4. The van der Waals surface area contributed by atoms with Crippen molar-refractivity contribution in [1.82, 2.24) is 0 Å². The van der Waals surface area contributed by atoms with Gasteiger partial charge in [-0.15, -0.1) is 0 Å². The van der Waals surface area contributed by atoms with Crippen LogP contribution in [-0.2, 0) is 23.8 Å². The lowest BCUT2D eigenvalue weighted by Gasteiger charge is -2.22. The first-order valence-electron chi connectivity index (χ1n) is 17.0. The van der Waals surface area contributed by atoms with E-state index < -0.39 is 25.0 Å². The fourth-order valence-electron chi connectivity index (χ4n) is 4.79. The van der Waals surface area contributed by atoms with Crippen LogP contribution < -0.4 is 19.1 Å². The highest BCUT2D eigenvalue weighted by molar-refractivity contribution is 5.80. The van der Waals surface area contributed by atoms with Crippen LogP contribution in [0.1, 0.15) is 71.1 Å². The van der Waals surface area contributed by atoms with Crippen LogP contribution >= 0.6 is 0 Å². The van der Waals surface area contributed by atoms with E-state index in [2.05, 4.69) is 0 Å². The molecule has 2 N–H and O–H groups in total. The molecule has 0 aliphatic carbocycles. The zero-order valence-electron chi connectivity index (χ0n) is 28.1. The van der Waals surface area contributed by atoms with E-state index in [-0.39, 0.29) is 6.61 Å². The van der Waals surface area contributed by atoms with Gasteiger partial charge in [-0.25, -0.2) is 0 Å². The number of nitrogens with zero attached hydrogens (tertiary/aromatic N) is 1. The summed E-state index contributed by atoms with van der Waals surface area (Å²) in [6.07, 6.45) is 11.5. The number of benzene rings is 2. The first kappa shape index (κ1) is 39.6. The highest BCUT2D eigenvalue weighted by atomic mass is 16.6. The number of carboxylic acid groups (broad SMARTS) is 2. The van der Waals surface area contributed by atoms with Crippen molar-refractivity contribution in [2.75, 3.05) is 77.5 Å². The number of unbranched alkanes of at least 4 members (excludes halogenated alkanes) is 9. The minimum atomic E-state index is -1.13. The minimum absolute atomic E-state index is 0.252. The summed E-state index contributed by atoms with van der Waals surface area (Å²) in [4.78, 5) is 24.1. The largest absolute Gasteiger partial charge is 0.494 e. The molecule has 0 unspecified atom stereocenters. The molecule has 0 aromatic heterocycles. The van der Waals surface area contributed by atoms with Crippen molar-refractivity contribution in [1.29, 1.82) is 0 Å². The fourth-order valence-corrected chi connectivity index (χ4v) is 4.79. The van der Waals surface area contributed by atoms with E-state index in [1.54, 1.807) is 18.2 Å². The Labute approximate surface area is 280 Å². The first-order chi connectivity index (χ1) is 23.0. The quantitative estimate of drug-likeness (QED) is 0.0862. The molecule has 0 fully saturated rings. The van der Waals surface area contributed by atoms with Crippen LogP contribution in [0, 0.1) is 0 Å². The standard InChI is InChI=1S/C36H55NO10/c1-2-42-20-21-43-22-23-44-24-25-47-34-27-31(37(29-35(38)39)30-36(40)41)26-33(28-34)46-19-15-10-8-6-4-3-5-7-9-14-18-45-32-16-12-11-13-17-32/h11-13,16-17,26-28H,2-10,14-15,18-25,29-30H2,1H3,(H,38,39)(H,40,41). The molecule has 2 aromatic carbocycles. The summed E-state index contributed by atoms with van der Waals surface area (Å²) in [7, 11) is 0. The molecule has 0 saturated heterocycles. The van der Waals surface area contributed by atoms with Gasteiger partial charge in [0, 0.05) is 30.5 Å². The van der Waals surface area contributed by atoms with Crippen molar-refractivity contribution in [3.63, 3.8) is 0 Å². The number of aliphatic carboxylic acids is 2. The molecule has 0 heterocycles. The maximum Gasteiger partial charge on any atom is 0.323 e. The van der Waals surface area contributed by atoms with E-state index in [0.717, 1.165) is 38.0 Å². The predicted octanol–water partition coefficient (Wildman–Crippen LogP) is 6.47. The van der Waals surface area contributed by atoms with Gasteiger partial charge in [0.05, 0.1) is 46.2 Å². The molecule has 0 amide bonds. The lowest BCUT2D eigenvalue weighted by Crippen LogP contribution is -2.34. The molecule has 47 heavy (non-hydrogen) atoms. The topological polar surface area (TPSA) is 133 Å². The molecule has 0 aliphatic heterocycles. The molecular formula is C36H55NO10. The summed E-state index contributed by atoms with van der Waals surface area (Å²) in [5.74, 6) is -0.391. The van der Waals surface area contributed by atoms with Crippen LogP contribution in [0.2, 0.25) is 0 Å². The summed E-state index contributed by atoms with van der Waals surface area (Å²) in [6, 6.07) is 14.9. The Bertz CT molecular complexity index is 1070. The average Bonchev–Trinajstić information content (AvgIpc) is 3.05. The second-order valence-electron chi connectivity index (χ2n) is 11.1. The van der Waals surface area contributed by atoms with Gasteiger partial charge < -0.3 is 43.5 Å². The molecule has 2 aromatic rings. The Hall–Kier alpha value is -3.54. The predicted molar refractivity (Wildman–Crippen MR) is 181 cm³/mol. The average molecular weight is 662 g/mol. The number of ether oxygens (including phenoxy) is 6. The van der Waals surface area contributed by atoms with Crippen LogP contribution in [0.15, 0.2) is 48.5 Å². The molecule has 0 spiro atoms. The molecule has 0 bridgehead atoms. The third-order valence-electron chi connectivity index (χ3n) is 7.15. The summed E-state index contributed by atoms with van der Waals surface area (Å²) in [5.41, 5.74) is 0.398. The number of para-hydroxylation sites is 1. The van der Waals surface area contributed by atoms with Crippen molar-refractivity contribution in [2.24, 2.45) is 0 Å². The maximum absolute atomic E-state index is 11.4. The van der Waals surface area contributed by atoms with E-state index in [9.17, 15) is 19.8 Å². The van der Waals surface area contributed by atoms with Gasteiger partial charge in [-0.3, -0.25) is 9.59 Å². The lowest BCUT2D eigenvalue weighted by molar-refractivity contribution is -0.136. The van der Waals surface area contributed by atoms with Crippen LogP contribution in [-0.4, -0.2) is 94.7 Å². The van der Waals surface area contributed by atoms with E-state index in [4.69, 9.17) is 28.4 Å². The zero-order chi connectivity index (χ0) is 33.8. The smallest absolute Gasteiger partial charge is 0.323 e. The van der Waals surface area contributed by atoms with Crippen molar-refractivity contribution in [3.05, 3.63) is 48.5 Å². The number of carboxylic acids is 2. The Balaban J connectivity index is 1.66. The van der Waals surface area contributed by atoms with Crippen LogP contribution in [0.25, 0.3) is 0 Å². The monoisotopic (exact) mass is 661 g/mol. The number of rotatable bonds is 31. The normalized spacial score (nSPS) is 10.9. The third kappa shape index (κ3) is 21.1. The molecule has 0 saturated carbocycles. The Morgan fingerprint density at radius 3 is 1.45 bits per heavy atom. The number of anilines is 1. The third-order valence-corrected chi connectivity index (χ3v) is 7.15. The number of hydrogen-bond acceptors (Lipinski definition) is 9. The van der Waals surface area contributed by atoms with Gasteiger partial charge in [0.1, 0.15) is 36.9 Å². The van der Waals surface area contributed by atoms with E-state index in [1.165, 1.54) is 43.4 Å². The summed E-state index contributed by atoms with van der Waals surface area (Å²) in [6.45, 7) is 5.43. The van der Waals surface area contributed by atoms with Crippen LogP contribution in [0.5, 0.6) is 17.2 Å². The molecule has 11 nitrogen and oxygen atoms in total. The van der Waals surface area contributed by atoms with E-state index in [1.807, 2.05) is 37.3 Å². The van der Waals surface area contributed by atoms with Gasteiger partial charge in [-0.2, -0.15) is 0 Å². The van der Waals surface area contributed by atoms with Crippen molar-refractivity contribution in [2.45, 2.75) is 71.1 Å². The van der Waals surface area contributed by atoms with E-state index >= 15 is 0 Å². The SMILES string of the molecule is CCOCCOCCOCCOc1cc(OCCCCCCCCCCCCOc2ccccc2)cc(N(CC(=O)O)CC(=O)O)c1. The molecule has 0 radical (unpaired) electrons. The van der Waals surface area contributed by atoms with Gasteiger partial charge in [0.2, 0.25) is 0 Å². The van der Waals surface area contributed by atoms with Gasteiger partial charge in [0.15, 0.2) is 0 Å². The second-order valence-corrected chi connectivity index (χ2v) is 11.1. The second kappa shape index (κ2) is 26.5. The maximum atomic E-state index is 11.4. The molecule has 0 aliphatic rings. The fraction of sp³-hybridized carbons (Fsp3) is 0.611.